The molecule has 3 aromatic carbocycles. The summed E-state index contributed by atoms with van der Waals surface area (Å²) in [4.78, 5) is -0.0873. The van der Waals surface area contributed by atoms with E-state index in [1.807, 2.05) is 36.4 Å². The molecule has 0 atom stereocenters. The van der Waals surface area contributed by atoms with Crippen LogP contribution in [0.25, 0.3) is 27.6 Å². The summed E-state index contributed by atoms with van der Waals surface area (Å²) < 4.78 is 32.8. The molecular weight excluding hydrogens is 272 g/mol. The Bertz CT molecular complexity index is 941. The zero-order valence-electron chi connectivity index (χ0n) is 10.6. The van der Waals surface area contributed by atoms with Gasteiger partial charge >= 0.3 is 0 Å². The van der Waals surface area contributed by atoms with E-state index in [9.17, 15) is 13.0 Å². The van der Waals surface area contributed by atoms with Gasteiger partial charge in [0.05, 0.1) is 0 Å². The summed E-state index contributed by atoms with van der Waals surface area (Å²) in [6.07, 6.45) is 1.43. The first-order valence-electron chi connectivity index (χ1n) is 6.07. The highest BCUT2D eigenvalue weighted by Gasteiger charge is 2.18. The van der Waals surface area contributed by atoms with Gasteiger partial charge in [-0.2, -0.15) is 8.42 Å². The molecule has 0 unspecified atom stereocenters. The fraction of sp³-hybridized carbons (Fsp3) is 0. The molecule has 4 heteroatoms. The minimum absolute atomic E-state index is 0.0873. The van der Waals surface area contributed by atoms with Gasteiger partial charge in [-0.1, -0.05) is 61.2 Å². The van der Waals surface area contributed by atoms with Crippen molar-refractivity contribution in [3.8, 4) is 0 Å². The maximum Gasteiger partial charge on any atom is 0.295 e. The molecule has 0 amide bonds. The largest absolute Gasteiger partial charge is 0.295 e. The molecule has 0 saturated carbocycles. The highest BCUT2D eigenvalue weighted by atomic mass is 32.2. The Kier molecular flexibility index (Phi) is 2.85. The molecule has 0 radical (unpaired) electrons. The molecule has 20 heavy (non-hydrogen) atoms. The molecular formula is C16H12O3S. The summed E-state index contributed by atoms with van der Waals surface area (Å²) in [5.41, 5.74) is 0.398. The van der Waals surface area contributed by atoms with E-state index >= 15 is 0 Å². The first-order chi connectivity index (χ1) is 9.52. The van der Waals surface area contributed by atoms with E-state index in [4.69, 9.17) is 0 Å². The third-order valence-corrected chi connectivity index (χ3v) is 4.36. The molecule has 0 aromatic heterocycles. The topological polar surface area (TPSA) is 54.4 Å². The minimum atomic E-state index is -4.31. The Balaban J connectivity index is 2.59. The smallest absolute Gasteiger partial charge is 0.282 e. The SMILES string of the molecule is C=Cc1ccc2c(ccc3ccccc32)c1S(=O)(=O)O. The summed E-state index contributed by atoms with van der Waals surface area (Å²) >= 11 is 0. The van der Waals surface area contributed by atoms with Crippen LogP contribution in [0.5, 0.6) is 0 Å². The van der Waals surface area contributed by atoms with Crippen LogP contribution < -0.4 is 0 Å². The van der Waals surface area contributed by atoms with Gasteiger partial charge in [0.25, 0.3) is 10.1 Å². The summed E-state index contributed by atoms with van der Waals surface area (Å²) in [6.45, 7) is 3.60. The van der Waals surface area contributed by atoms with Gasteiger partial charge in [0.15, 0.2) is 0 Å². The Labute approximate surface area is 116 Å². The van der Waals surface area contributed by atoms with Gasteiger partial charge in [-0.05, 0) is 21.7 Å². The van der Waals surface area contributed by atoms with Crippen LogP contribution in [0, 0.1) is 0 Å². The maximum atomic E-state index is 11.7. The Morgan fingerprint density at radius 2 is 1.60 bits per heavy atom. The van der Waals surface area contributed by atoms with E-state index in [0.29, 0.717) is 10.9 Å². The van der Waals surface area contributed by atoms with Crippen LogP contribution in [0.15, 0.2) is 60.0 Å². The molecule has 0 aliphatic rings. The lowest BCUT2D eigenvalue weighted by Gasteiger charge is -2.10. The van der Waals surface area contributed by atoms with Gasteiger partial charge < -0.3 is 0 Å². The van der Waals surface area contributed by atoms with Gasteiger partial charge in [0, 0.05) is 5.39 Å². The Morgan fingerprint density at radius 3 is 2.30 bits per heavy atom. The molecule has 0 fully saturated rings. The summed E-state index contributed by atoms with van der Waals surface area (Å²) in [7, 11) is -4.31. The molecule has 100 valence electrons. The lowest BCUT2D eigenvalue weighted by molar-refractivity contribution is 0.484. The summed E-state index contributed by atoms with van der Waals surface area (Å²) in [6, 6.07) is 14.8. The fourth-order valence-electron chi connectivity index (χ4n) is 2.53. The van der Waals surface area contributed by atoms with Crippen LogP contribution in [-0.4, -0.2) is 13.0 Å². The Hall–Kier alpha value is -2.17. The quantitative estimate of drug-likeness (QED) is 0.574. The zero-order valence-corrected chi connectivity index (χ0v) is 11.4. The minimum Gasteiger partial charge on any atom is -0.282 e. The number of benzene rings is 3. The summed E-state index contributed by atoms with van der Waals surface area (Å²) in [5.74, 6) is 0. The van der Waals surface area contributed by atoms with Gasteiger partial charge in [-0.15, -0.1) is 0 Å². The third-order valence-electron chi connectivity index (χ3n) is 3.38. The maximum absolute atomic E-state index is 11.7. The van der Waals surface area contributed by atoms with Crippen molar-refractivity contribution in [2.75, 3.05) is 0 Å². The van der Waals surface area contributed by atoms with Crippen molar-refractivity contribution in [3.05, 3.63) is 60.7 Å². The van der Waals surface area contributed by atoms with E-state index in [2.05, 4.69) is 6.58 Å². The van der Waals surface area contributed by atoms with Crippen LogP contribution in [0.3, 0.4) is 0 Å². The molecule has 0 aliphatic heterocycles. The van der Waals surface area contributed by atoms with E-state index in [1.165, 1.54) is 6.08 Å². The lowest BCUT2D eigenvalue weighted by atomic mass is 10.00. The van der Waals surface area contributed by atoms with Crippen molar-refractivity contribution in [1.82, 2.24) is 0 Å². The third kappa shape index (κ3) is 1.90. The lowest BCUT2D eigenvalue weighted by Crippen LogP contribution is -2.02. The number of hydrogen-bond acceptors (Lipinski definition) is 2. The van der Waals surface area contributed by atoms with Crippen molar-refractivity contribution in [2.24, 2.45) is 0 Å². The van der Waals surface area contributed by atoms with Crippen LogP contribution in [0.1, 0.15) is 5.56 Å². The van der Waals surface area contributed by atoms with E-state index < -0.39 is 10.1 Å². The fourth-order valence-corrected chi connectivity index (χ4v) is 3.43. The molecule has 0 spiro atoms. The average molecular weight is 284 g/mol. The van der Waals surface area contributed by atoms with Gasteiger partial charge in [0.2, 0.25) is 0 Å². The number of rotatable bonds is 2. The first-order valence-corrected chi connectivity index (χ1v) is 7.51. The molecule has 1 N–H and O–H groups in total. The number of hydrogen-bond donors (Lipinski definition) is 1. The van der Waals surface area contributed by atoms with Gasteiger partial charge in [-0.3, -0.25) is 4.55 Å². The van der Waals surface area contributed by atoms with Gasteiger partial charge in [-0.25, -0.2) is 0 Å². The second-order valence-corrected chi connectivity index (χ2v) is 5.90. The van der Waals surface area contributed by atoms with Crippen molar-refractivity contribution < 1.29 is 13.0 Å². The average Bonchev–Trinajstić information content (AvgIpc) is 2.44. The van der Waals surface area contributed by atoms with Crippen LogP contribution in [0.2, 0.25) is 0 Å². The monoisotopic (exact) mass is 284 g/mol. The highest BCUT2D eigenvalue weighted by Crippen LogP contribution is 2.32. The second-order valence-electron chi connectivity index (χ2n) is 4.54. The standard InChI is InChI=1S/C16H12O3S/c1-2-11-7-9-14-13-6-4-3-5-12(13)8-10-15(14)16(11)20(17,18)19/h2-10H,1H2,(H,17,18,19). The molecule has 0 saturated heterocycles. The van der Waals surface area contributed by atoms with E-state index in [1.54, 1.807) is 12.1 Å². The normalized spacial score (nSPS) is 11.8. The van der Waals surface area contributed by atoms with Crippen LogP contribution in [0.4, 0.5) is 0 Å². The highest BCUT2D eigenvalue weighted by molar-refractivity contribution is 7.86. The predicted molar refractivity (Wildman–Crippen MR) is 81.4 cm³/mol. The Morgan fingerprint density at radius 1 is 0.900 bits per heavy atom. The molecule has 0 bridgehead atoms. The number of fused-ring (bicyclic) bond motifs is 3. The zero-order chi connectivity index (χ0) is 14.3. The van der Waals surface area contributed by atoms with E-state index in [-0.39, 0.29) is 4.90 Å². The van der Waals surface area contributed by atoms with Crippen molar-refractivity contribution in [2.45, 2.75) is 4.90 Å². The molecule has 3 rings (SSSR count). The van der Waals surface area contributed by atoms with E-state index in [0.717, 1.165) is 16.2 Å². The van der Waals surface area contributed by atoms with Crippen LogP contribution in [-0.2, 0) is 10.1 Å². The van der Waals surface area contributed by atoms with Crippen molar-refractivity contribution >= 4 is 37.7 Å². The van der Waals surface area contributed by atoms with Crippen LogP contribution >= 0.6 is 0 Å². The molecule has 3 aromatic rings. The van der Waals surface area contributed by atoms with Gasteiger partial charge in [0.1, 0.15) is 4.90 Å². The summed E-state index contributed by atoms with van der Waals surface area (Å²) in [5, 5.41) is 3.27. The molecule has 0 aliphatic carbocycles. The molecule has 3 nitrogen and oxygen atoms in total. The van der Waals surface area contributed by atoms with Crippen molar-refractivity contribution in [3.63, 3.8) is 0 Å². The predicted octanol–water partition coefficient (Wildman–Crippen LogP) is 3.88. The van der Waals surface area contributed by atoms with Crippen molar-refractivity contribution in [1.29, 1.82) is 0 Å². The second kappa shape index (κ2) is 4.44. The molecule has 0 heterocycles. The first kappa shape index (κ1) is 12.8.